The molecule has 228 valence electrons. The lowest BCUT2D eigenvalue weighted by atomic mass is 9.80. The molecule has 0 saturated heterocycles. The number of fused-ring (bicyclic) bond motifs is 14. The second-order valence-electron chi connectivity index (χ2n) is 14.9. The minimum Gasteiger partial charge on any atom is -0.308 e. The highest BCUT2D eigenvalue weighted by atomic mass is 32.1. The summed E-state index contributed by atoms with van der Waals surface area (Å²) in [6.07, 6.45) is 10.5. The van der Waals surface area contributed by atoms with Gasteiger partial charge in [0.2, 0.25) is 0 Å². The lowest BCUT2D eigenvalue weighted by Gasteiger charge is -2.24. The molecule has 0 unspecified atom stereocenters. The number of thiophene rings is 1. The second-order valence-corrected chi connectivity index (χ2v) is 16.0. The first-order chi connectivity index (χ1) is 22.6. The summed E-state index contributed by atoms with van der Waals surface area (Å²) >= 11 is 1.91. The number of nitrogens with zero attached hydrogens (tertiary/aromatic N) is 1. The zero-order chi connectivity index (χ0) is 30.6. The lowest BCUT2D eigenvalue weighted by molar-refractivity contribution is 0.0891. The number of hydrogen-bond donors (Lipinski definition) is 0. The van der Waals surface area contributed by atoms with Crippen molar-refractivity contribution in [2.75, 3.05) is 0 Å². The van der Waals surface area contributed by atoms with Gasteiger partial charge in [0, 0.05) is 64.7 Å². The van der Waals surface area contributed by atoms with Gasteiger partial charge in [-0.1, -0.05) is 32.0 Å². The topological polar surface area (TPSA) is 38.5 Å². The van der Waals surface area contributed by atoms with Crippen LogP contribution in [0.1, 0.15) is 120 Å². The van der Waals surface area contributed by atoms with E-state index in [-0.39, 0.29) is 11.8 Å². The molecule has 0 amide bonds. The van der Waals surface area contributed by atoms with Crippen LogP contribution in [0.4, 0.5) is 0 Å². The van der Waals surface area contributed by atoms with Gasteiger partial charge < -0.3 is 4.40 Å². The molecule has 3 heterocycles. The molecule has 2 saturated carbocycles. The first-order valence-corrected chi connectivity index (χ1v) is 18.7. The van der Waals surface area contributed by atoms with Crippen LogP contribution < -0.4 is 0 Å². The van der Waals surface area contributed by atoms with Crippen molar-refractivity contribution in [3.05, 3.63) is 75.8 Å². The Morgan fingerprint density at radius 3 is 1.76 bits per heavy atom. The predicted octanol–water partition coefficient (Wildman–Crippen LogP) is 11.3. The fourth-order valence-corrected chi connectivity index (χ4v) is 12.3. The normalized spacial score (nSPS) is 24.3. The number of benzene rings is 4. The molecule has 7 aromatic rings. The summed E-state index contributed by atoms with van der Waals surface area (Å²) in [5.41, 5.74) is 11.1. The van der Waals surface area contributed by atoms with E-state index < -0.39 is 0 Å². The van der Waals surface area contributed by atoms with Crippen LogP contribution >= 0.6 is 11.3 Å². The standard InChI is InChI=1S/C42H37NO2S/c1-3-24-34-20-9-13-22(14-10-20)41(44)28(34)17-30-36(24)27-19-33-38(26-7-5-6-8-32(26)46-33)39-37-25(4-2)35-21-11-15-23(16-12-21)42(45)29(35)18-31(37)43(30)40(27)39/h5-8,17-23H,3-4,9-16H2,1-2H3. The second kappa shape index (κ2) is 8.98. The maximum absolute atomic E-state index is 14.2. The molecular formula is C42H37NO2S. The summed E-state index contributed by atoms with van der Waals surface area (Å²) in [7, 11) is 0. The smallest absolute Gasteiger partial charge is 0.166 e. The highest BCUT2D eigenvalue weighted by molar-refractivity contribution is 7.26. The summed E-state index contributed by atoms with van der Waals surface area (Å²) in [6, 6.07) is 16.0. The highest BCUT2D eigenvalue weighted by Gasteiger charge is 2.40. The molecule has 0 aliphatic heterocycles. The monoisotopic (exact) mass is 619 g/mol. The molecule has 4 bridgehead atoms. The fraction of sp³-hybridized carbons (Fsp3) is 0.381. The van der Waals surface area contributed by atoms with Crippen molar-refractivity contribution in [3.8, 4) is 0 Å². The molecule has 0 atom stereocenters. The zero-order valence-electron chi connectivity index (χ0n) is 26.6. The van der Waals surface area contributed by atoms with Crippen molar-refractivity contribution >= 4 is 81.2 Å². The molecule has 4 heteroatoms. The maximum Gasteiger partial charge on any atom is 0.166 e. The van der Waals surface area contributed by atoms with Gasteiger partial charge >= 0.3 is 0 Å². The molecule has 3 nitrogen and oxygen atoms in total. The van der Waals surface area contributed by atoms with Crippen molar-refractivity contribution in [2.45, 2.75) is 89.9 Å². The van der Waals surface area contributed by atoms with Gasteiger partial charge in [-0.05, 0) is 123 Å². The Morgan fingerprint density at radius 1 is 0.609 bits per heavy atom. The van der Waals surface area contributed by atoms with E-state index in [9.17, 15) is 9.59 Å². The van der Waals surface area contributed by atoms with E-state index in [0.29, 0.717) is 23.4 Å². The van der Waals surface area contributed by atoms with Gasteiger partial charge in [0.25, 0.3) is 0 Å². The summed E-state index contributed by atoms with van der Waals surface area (Å²) in [6.45, 7) is 4.60. The van der Waals surface area contributed by atoms with Gasteiger partial charge in [0.1, 0.15) is 0 Å². The van der Waals surface area contributed by atoms with Crippen molar-refractivity contribution in [1.82, 2.24) is 4.40 Å². The largest absolute Gasteiger partial charge is 0.308 e. The third kappa shape index (κ3) is 3.02. The van der Waals surface area contributed by atoms with E-state index in [4.69, 9.17) is 0 Å². The SMILES string of the molecule is CCc1c2c(cc3c1c1cc4sc5ccccc5c4c4c5c(CC)c6c(cc5n3c14)C(=O)C1CCC6CC1)C(=O)C1CCC2CC1. The van der Waals surface area contributed by atoms with Crippen LogP contribution in [0.3, 0.4) is 0 Å². The van der Waals surface area contributed by atoms with Crippen LogP contribution in [0.15, 0.2) is 42.5 Å². The minimum absolute atomic E-state index is 0.161. The molecule has 0 N–H and O–H groups in total. The third-order valence-electron chi connectivity index (χ3n) is 13.0. The van der Waals surface area contributed by atoms with Crippen molar-refractivity contribution in [1.29, 1.82) is 0 Å². The van der Waals surface area contributed by atoms with Crippen molar-refractivity contribution in [2.24, 2.45) is 11.8 Å². The van der Waals surface area contributed by atoms with Gasteiger partial charge in [0.05, 0.1) is 16.6 Å². The molecular weight excluding hydrogens is 583 g/mol. The Morgan fingerprint density at radius 2 is 1.15 bits per heavy atom. The molecule has 13 rings (SSSR count). The summed E-state index contributed by atoms with van der Waals surface area (Å²) < 4.78 is 5.19. The molecule has 0 radical (unpaired) electrons. The van der Waals surface area contributed by atoms with Crippen LogP contribution in [-0.2, 0) is 12.8 Å². The number of rotatable bonds is 2. The number of carbonyl (C=O) groups is 2. The first-order valence-electron chi connectivity index (χ1n) is 17.8. The van der Waals surface area contributed by atoms with E-state index >= 15 is 0 Å². The van der Waals surface area contributed by atoms with E-state index in [1.165, 1.54) is 80.5 Å². The zero-order valence-corrected chi connectivity index (χ0v) is 27.4. The Bertz CT molecular complexity index is 2510. The minimum atomic E-state index is 0.161. The highest BCUT2D eigenvalue weighted by Crippen LogP contribution is 2.54. The Kier molecular flexibility index (Phi) is 5.14. The van der Waals surface area contributed by atoms with Gasteiger partial charge in [0.15, 0.2) is 11.6 Å². The van der Waals surface area contributed by atoms with Crippen LogP contribution in [-0.4, -0.2) is 16.0 Å². The van der Waals surface area contributed by atoms with Crippen LogP contribution in [0.5, 0.6) is 0 Å². The van der Waals surface area contributed by atoms with E-state index in [1.54, 1.807) is 0 Å². The molecule has 0 spiro atoms. The van der Waals surface area contributed by atoms with Gasteiger partial charge in [-0.15, -0.1) is 11.3 Å². The summed E-state index contributed by atoms with van der Waals surface area (Å²) in [4.78, 5) is 28.4. The maximum atomic E-state index is 14.2. The van der Waals surface area contributed by atoms with E-state index in [0.717, 1.165) is 75.3 Å². The quantitative estimate of drug-likeness (QED) is 0.193. The Labute approximate surface area is 271 Å². The number of hydrogen-bond acceptors (Lipinski definition) is 3. The van der Waals surface area contributed by atoms with Crippen LogP contribution in [0.2, 0.25) is 0 Å². The molecule has 6 aliphatic rings. The molecule has 46 heavy (non-hydrogen) atoms. The number of ketones is 2. The predicted molar refractivity (Wildman–Crippen MR) is 191 cm³/mol. The fourth-order valence-electron chi connectivity index (χ4n) is 11.1. The molecule has 6 aliphatic carbocycles. The van der Waals surface area contributed by atoms with Gasteiger partial charge in [-0.25, -0.2) is 0 Å². The Balaban J connectivity index is 1.43. The molecule has 4 aromatic carbocycles. The van der Waals surface area contributed by atoms with Crippen LogP contribution in [0, 0.1) is 11.8 Å². The Hall–Kier alpha value is -3.76. The first kappa shape index (κ1) is 26.3. The van der Waals surface area contributed by atoms with Crippen LogP contribution in [0.25, 0.3) is 58.3 Å². The molecule has 3 aromatic heterocycles. The number of aryl methyl sites for hydroxylation is 2. The summed E-state index contributed by atoms with van der Waals surface area (Å²) in [5.74, 6) is 2.02. The van der Waals surface area contributed by atoms with Gasteiger partial charge in [-0.3, -0.25) is 9.59 Å². The number of aromatic nitrogens is 1. The van der Waals surface area contributed by atoms with Crippen molar-refractivity contribution in [3.63, 3.8) is 0 Å². The lowest BCUT2D eigenvalue weighted by Crippen LogP contribution is -2.15. The average molecular weight is 620 g/mol. The number of Topliss-reactive ketones (excluding diaryl/α,β-unsaturated/α-hetero) is 2. The molecule has 2 fully saturated rings. The van der Waals surface area contributed by atoms with Crippen molar-refractivity contribution < 1.29 is 9.59 Å². The van der Waals surface area contributed by atoms with E-state index in [2.05, 4.69) is 60.7 Å². The number of carbonyl (C=O) groups excluding carboxylic acids is 2. The summed E-state index contributed by atoms with van der Waals surface area (Å²) in [5, 5.41) is 8.10. The average Bonchev–Trinajstić information content (AvgIpc) is 3.62. The van der Waals surface area contributed by atoms with E-state index in [1.807, 2.05) is 11.3 Å². The third-order valence-corrected chi connectivity index (χ3v) is 14.1. The van der Waals surface area contributed by atoms with Gasteiger partial charge in [-0.2, -0.15) is 0 Å².